The summed E-state index contributed by atoms with van der Waals surface area (Å²) in [7, 11) is 1.46. The molecule has 5 atom stereocenters. The lowest BCUT2D eigenvalue weighted by Crippen LogP contribution is -2.62. The second-order valence-electron chi connectivity index (χ2n) is 7.51. The molecule has 174 valence electrons. The molecule has 1 saturated heterocycles. The van der Waals surface area contributed by atoms with Crippen molar-refractivity contribution in [3.05, 3.63) is 63.7 Å². The number of hydrogen-bond donors (Lipinski definition) is 1. The summed E-state index contributed by atoms with van der Waals surface area (Å²) >= 11 is 2.21. The van der Waals surface area contributed by atoms with Crippen molar-refractivity contribution < 1.29 is 33.6 Å². The zero-order valence-corrected chi connectivity index (χ0v) is 20.3. The van der Waals surface area contributed by atoms with E-state index < -0.39 is 36.7 Å². The highest BCUT2D eigenvalue weighted by atomic mass is 127. The average Bonchev–Trinajstić information content (AvgIpc) is 2.79. The van der Waals surface area contributed by atoms with Crippen LogP contribution in [-0.2, 0) is 30.3 Å². The van der Waals surface area contributed by atoms with E-state index in [4.69, 9.17) is 23.7 Å². The predicted molar refractivity (Wildman–Crippen MR) is 126 cm³/mol. The van der Waals surface area contributed by atoms with E-state index in [0.717, 1.165) is 9.13 Å². The third-order valence-corrected chi connectivity index (χ3v) is 5.79. The predicted octanol–water partition coefficient (Wildman–Crippen LogP) is 3.70. The van der Waals surface area contributed by atoms with Crippen LogP contribution in [0.15, 0.2) is 54.6 Å². The Bertz CT molecular complexity index is 830. The fourth-order valence-electron chi connectivity index (χ4n) is 3.45. The first-order valence-electron chi connectivity index (χ1n) is 10.6. The van der Waals surface area contributed by atoms with Gasteiger partial charge in [-0.15, -0.1) is 0 Å². The first-order chi connectivity index (χ1) is 15.5. The van der Waals surface area contributed by atoms with Crippen LogP contribution < -0.4 is 4.74 Å². The monoisotopic (exact) mass is 556 g/mol. The molecular weight excluding hydrogens is 527 g/mol. The lowest BCUT2D eigenvalue weighted by Gasteiger charge is -2.43. The van der Waals surface area contributed by atoms with Gasteiger partial charge in [-0.25, -0.2) is 0 Å². The molecule has 3 rings (SSSR count). The molecule has 0 saturated carbocycles. The fourth-order valence-corrected chi connectivity index (χ4v) is 3.81. The largest absolute Gasteiger partial charge is 0.461 e. The summed E-state index contributed by atoms with van der Waals surface area (Å²) < 4.78 is 30.1. The van der Waals surface area contributed by atoms with E-state index in [1.165, 1.54) is 7.11 Å². The van der Waals surface area contributed by atoms with Crippen LogP contribution in [0.5, 0.6) is 5.75 Å². The zero-order chi connectivity index (χ0) is 22.9. The molecule has 1 aliphatic heterocycles. The van der Waals surface area contributed by atoms with Crippen LogP contribution in [-0.4, -0.2) is 55.5 Å². The van der Waals surface area contributed by atoms with E-state index >= 15 is 0 Å². The summed E-state index contributed by atoms with van der Waals surface area (Å²) in [5.41, 5.74) is 1.01. The summed E-state index contributed by atoms with van der Waals surface area (Å²) in [5, 5.41) is 10.9. The van der Waals surface area contributed by atoms with Gasteiger partial charge >= 0.3 is 5.97 Å². The maximum absolute atomic E-state index is 12.2. The van der Waals surface area contributed by atoms with Crippen LogP contribution in [0.1, 0.15) is 25.3 Å². The fraction of sp³-hybridized carbons (Fsp3) is 0.458. The second-order valence-corrected chi connectivity index (χ2v) is 8.76. The highest BCUT2D eigenvalue weighted by molar-refractivity contribution is 14.1. The first kappa shape index (κ1) is 24.9. The first-order valence-corrected chi connectivity index (χ1v) is 11.7. The number of hydrogen-bond acceptors (Lipinski definition) is 7. The lowest BCUT2D eigenvalue weighted by atomic mass is 9.98. The van der Waals surface area contributed by atoms with E-state index in [2.05, 4.69) is 22.6 Å². The Labute approximate surface area is 202 Å². The highest BCUT2D eigenvalue weighted by Crippen LogP contribution is 2.29. The van der Waals surface area contributed by atoms with Crippen molar-refractivity contribution in [1.29, 1.82) is 0 Å². The van der Waals surface area contributed by atoms with Crippen molar-refractivity contribution >= 4 is 28.6 Å². The lowest BCUT2D eigenvalue weighted by molar-refractivity contribution is -0.288. The van der Waals surface area contributed by atoms with Crippen LogP contribution in [0.3, 0.4) is 0 Å². The standard InChI is InChI=1S/C24H29IO7/c1-3-7-20(26)32-23-22(28-2)21(27)19(15-29-14-16-8-5-4-6-9-16)31-24(23)30-18-12-10-17(25)11-13-18/h4-6,8-13,19,21-24,27H,3,7,14-15H2,1-2H3/t19-,21+,22-,23-,24+/m0/s1. The molecule has 32 heavy (non-hydrogen) atoms. The SMILES string of the molecule is CCCC(=O)O[C@@H]1[C@H](Oc2ccc(I)cc2)O[C@@H](COCc2ccccc2)[C@@H](O)[C@@H]1OC. The molecule has 1 aliphatic rings. The topological polar surface area (TPSA) is 83.5 Å². The number of aliphatic hydroxyl groups excluding tert-OH is 1. The Morgan fingerprint density at radius 2 is 1.81 bits per heavy atom. The van der Waals surface area contributed by atoms with Crippen LogP contribution >= 0.6 is 22.6 Å². The quantitative estimate of drug-likeness (QED) is 0.353. The summed E-state index contributed by atoms with van der Waals surface area (Å²) in [6.45, 7) is 2.39. The molecule has 2 aromatic rings. The minimum Gasteiger partial charge on any atom is -0.461 e. The molecule has 0 spiro atoms. The smallest absolute Gasteiger partial charge is 0.306 e. The minimum atomic E-state index is -1.06. The normalized spacial score (nSPS) is 25.3. The van der Waals surface area contributed by atoms with Gasteiger partial charge in [0, 0.05) is 17.1 Å². The molecule has 0 radical (unpaired) electrons. The Balaban J connectivity index is 1.73. The molecule has 0 bridgehead atoms. The van der Waals surface area contributed by atoms with Crippen LogP contribution in [0, 0.1) is 3.57 Å². The van der Waals surface area contributed by atoms with Crippen molar-refractivity contribution in [1.82, 2.24) is 0 Å². The number of aliphatic hydroxyl groups is 1. The third-order valence-electron chi connectivity index (χ3n) is 5.07. The highest BCUT2D eigenvalue weighted by Gasteiger charge is 2.49. The maximum atomic E-state index is 12.2. The Kier molecular flexibility index (Phi) is 9.73. The van der Waals surface area contributed by atoms with Gasteiger partial charge in [0.2, 0.25) is 6.29 Å². The molecule has 0 amide bonds. The number of esters is 1. The van der Waals surface area contributed by atoms with Crippen molar-refractivity contribution in [2.45, 2.75) is 57.1 Å². The van der Waals surface area contributed by atoms with Gasteiger partial charge in [-0.1, -0.05) is 37.3 Å². The molecular formula is C24H29IO7. The van der Waals surface area contributed by atoms with Crippen molar-refractivity contribution in [2.24, 2.45) is 0 Å². The zero-order valence-electron chi connectivity index (χ0n) is 18.2. The Morgan fingerprint density at radius 1 is 1.09 bits per heavy atom. The van der Waals surface area contributed by atoms with Gasteiger partial charge in [-0.3, -0.25) is 4.79 Å². The molecule has 0 aliphatic carbocycles. The van der Waals surface area contributed by atoms with Gasteiger partial charge in [0.15, 0.2) is 6.10 Å². The molecule has 1 fully saturated rings. The number of carbonyl (C=O) groups excluding carboxylic acids is 1. The van der Waals surface area contributed by atoms with Crippen LogP contribution in [0.4, 0.5) is 0 Å². The molecule has 1 N–H and O–H groups in total. The summed E-state index contributed by atoms with van der Waals surface area (Å²) in [6.07, 6.45) is -3.61. The molecule has 0 aromatic heterocycles. The number of rotatable bonds is 10. The van der Waals surface area contributed by atoms with Crippen molar-refractivity contribution in [2.75, 3.05) is 13.7 Å². The van der Waals surface area contributed by atoms with E-state index in [1.807, 2.05) is 61.5 Å². The van der Waals surface area contributed by atoms with E-state index in [-0.39, 0.29) is 13.0 Å². The van der Waals surface area contributed by atoms with Gasteiger partial charge in [0.1, 0.15) is 24.1 Å². The number of benzene rings is 2. The van der Waals surface area contributed by atoms with E-state index in [0.29, 0.717) is 18.8 Å². The van der Waals surface area contributed by atoms with Crippen molar-refractivity contribution in [3.63, 3.8) is 0 Å². The van der Waals surface area contributed by atoms with E-state index in [1.54, 1.807) is 0 Å². The van der Waals surface area contributed by atoms with E-state index in [9.17, 15) is 9.90 Å². The van der Waals surface area contributed by atoms with Gasteiger partial charge in [-0.2, -0.15) is 0 Å². The number of carbonyl (C=O) groups is 1. The van der Waals surface area contributed by atoms with Gasteiger partial charge in [-0.05, 0) is 58.8 Å². The molecule has 2 aromatic carbocycles. The minimum absolute atomic E-state index is 0.123. The van der Waals surface area contributed by atoms with Crippen LogP contribution in [0.2, 0.25) is 0 Å². The molecule has 7 nitrogen and oxygen atoms in total. The maximum Gasteiger partial charge on any atom is 0.306 e. The van der Waals surface area contributed by atoms with Gasteiger partial charge < -0.3 is 28.8 Å². The second kappa shape index (κ2) is 12.5. The average molecular weight is 556 g/mol. The Morgan fingerprint density at radius 3 is 2.47 bits per heavy atom. The van der Waals surface area contributed by atoms with Crippen molar-refractivity contribution in [3.8, 4) is 5.75 Å². The Hall–Kier alpha value is -1.72. The number of halogens is 1. The van der Waals surface area contributed by atoms with Gasteiger partial charge in [0.05, 0.1) is 13.2 Å². The van der Waals surface area contributed by atoms with Gasteiger partial charge in [0.25, 0.3) is 0 Å². The summed E-state index contributed by atoms with van der Waals surface area (Å²) in [4.78, 5) is 12.2. The third kappa shape index (κ3) is 6.89. The summed E-state index contributed by atoms with van der Waals surface area (Å²) in [5.74, 6) is 0.160. The molecule has 0 unspecified atom stereocenters. The molecule has 8 heteroatoms. The summed E-state index contributed by atoms with van der Waals surface area (Å²) in [6, 6.07) is 17.2. The van der Waals surface area contributed by atoms with Crippen LogP contribution in [0.25, 0.3) is 0 Å². The molecule has 1 heterocycles. The number of ether oxygens (including phenoxy) is 5. The number of methoxy groups -OCH3 is 1.